The molecule has 0 aliphatic carbocycles. The Bertz CT molecular complexity index is 333. The van der Waals surface area contributed by atoms with Crippen LogP contribution in [-0.4, -0.2) is 46.2 Å². The van der Waals surface area contributed by atoms with Gasteiger partial charge in [0.1, 0.15) is 6.33 Å². The zero-order valence-electron chi connectivity index (χ0n) is 11.6. The lowest BCUT2D eigenvalue weighted by molar-refractivity contribution is 0.237. The van der Waals surface area contributed by atoms with Gasteiger partial charge in [0.25, 0.3) is 0 Å². The highest BCUT2D eigenvalue weighted by Gasteiger charge is 2.08. The molecule has 1 N–H and O–H groups in total. The molecular weight excluding hydrogens is 228 g/mol. The van der Waals surface area contributed by atoms with Crippen molar-refractivity contribution in [1.82, 2.24) is 19.8 Å². The van der Waals surface area contributed by atoms with Gasteiger partial charge in [0.15, 0.2) is 0 Å². The van der Waals surface area contributed by atoms with Crippen molar-refractivity contribution < 1.29 is 4.79 Å². The fraction of sp³-hybridized carbons (Fsp3) is 0.692. The topological polar surface area (TPSA) is 50.2 Å². The molecule has 0 saturated heterocycles. The number of imidazole rings is 1. The van der Waals surface area contributed by atoms with Crippen LogP contribution in [0.25, 0.3) is 0 Å². The summed E-state index contributed by atoms with van der Waals surface area (Å²) in [4.78, 5) is 18.0. The van der Waals surface area contributed by atoms with E-state index >= 15 is 0 Å². The fourth-order valence-corrected chi connectivity index (χ4v) is 1.90. The molecule has 5 nitrogen and oxygen atoms in total. The van der Waals surface area contributed by atoms with E-state index in [1.807, 2.05) is 6.92 Å². The van der Waals surface area contributed by atoms with Crippen LogP contribution in [0.2, 0.25) is 0 Å². The third kappa shape index (κ3) is 4.87. The summed E-state index contributed by atoms with van der Waals surface area (Å²) in [5.74, 6) is 0. The number of rotatable bonds is 7. The van der Waals surface area contributed by atoms with Crippen LogP contribution >= 0.6 is 0 Å². The highest BCUT2D eigenvalue weighted by atomic mass is 16.2. The van der Waals surface area contributed by atoms with Gasteiger partial charge < -0.3 is 10.2 Å². The molecule has 102 valence electrons. The van der Waals surface area contributed by atoms with E-state index in [1.165, 1.54) is 10.9 Å². The molecule has 1 aromatic rings. The molecule has 1 heterocycles. The molecule has 1 amide bonds. The first-order chi connectivity index (χ1) is 8.67. The molecule has 0 aliphatic rings. The molecule has 0 fully saturated rings. The van der Waals surface area contributed by atoms with Gasteiger partial charge in [0.2, 0.25) is 0 Å². The first-order valence-corrected chi connectivity index (χ1v) is 6.68. The monoisotopic (exact) mass is 252 g/mol. The van der Waals surface area contributed by atoms with Crippen LogP contribution in [0, 0.1) is 0 Å². The Kier molecular flexibility index (Phi) is 6.43. The maximum absolute atomic E-state index is 11.7. The Morgan fingerprint density at radius 3 is 2.72 bits per heavy atom. The van der Waals surface area contributed by atoms with E-state index in [2.05, 4.69) is 29.0 Å². The smallest absolute Gasteiger partial charge is 0.327 e. The zero-order chi connectivity index (χ0) is 13.4. The molecular formula is C13H24N4O. The van der Waals surface area contributed by atoms with E-state index in [9.17, 15) is 4.79 Å². The summed E-state index contributed by atoms with van der Waals surface area (Å²) >= 11 is 0. The van der Waals surface area contributed by atoms with Gasteiger partial charge >= 0.3 is 6.03 Å². The van der Waals surface area contributed by atoms with Crippen LogP contribution in [0.4, 0.5) is 4.79 Å². The molecule has 5 heteroatoms. The average molecular weight is 252 g/mol. The SMILES string of the molecule is CCN(CC)CCCC(C)NC(=O)n1ccnc1. The summed E-state index contributed by atoms with van der Waals surface area (Å²) in [7, 11) is 0. The van der Waals surface area contributed by atoms with Crippen LogP contribution in [0.15, 0.2) is 18.7 Å². The van der Waals surface area contributed by atoms with Gasteiger partial charge in [-0.2, -0.15) is 0 Å². The minimum atomic E-state index is -0.108. The van der Waals surface area contributed by atoms with Gasteiger partial charge in [0.05, 0.1) is 0 Å². The Balaban J connectivity index is 2.21. The van der Waals surface area contributed by atoms with Gasteiger partial charge in [-0.1, -0.05) is 13.8 Å². The van der Waals surface area contributed by atoms with Crippen LogP contribution in [-0.2, 0) is 0 Å². The van der Waals surface area contributed by atoms with Crippen LogP contribution in [0.5, 0.6) is 0 Å². The molecule has 0 aliphatic heterocycles. The van der Waals surface area contributed by atoms with Crippen LogP contribution in [0.3, 0.4) is 0 Å². The van der Waals surface area contributed by atoms with Crippen molar-refractivity contribution in [1.29, 1.82) is 0 Å². The van der Waals surface area contributed by atoms with Crippen molar-refractivity contribution in [2.45, 2.75) is 39.7 Å². The van der Waals surface area contributed by atoms with E-state index in [1.54, 1.807) is 12.4 Å². The fourth-order valence-electron chi connectivity index (χ4n) is 1.90. The standard InChI is InChI=1S/C13H24N4O/c1-4-16(5-2)9-6-7-12(3)15-13(18)17-10-8-14-11-17/h8,10-12H,4-7,9H2,1-3H3,(H,15,18). The maximum Gasteiger partial charge on any atom is 0.327 e. The number of amides is 1. The minimum absolute atomic E-state index is 0.108. The highest BCUT2D eigenvalue weighted by molar-refractivity contribution is 5.76. The molecule has 0 spiro atoms. The lowest BCUT2D eigenvalue weighted by Crippen LogP contribution is -2.36. The normalized spacial score (nSPS) is 12.7. The summed E-state index contributed by atoms with van der Waals surface area (Å²) < 4.78 is 1.46. The zero-order valence-corrected chi connectivity index (χ0v) is 11.6. The molecule has 1 aromatic heterocycles. The summed E-state index contributed by atoms with van der Waals surface area (Å²) in [6.07, 6.45) is 6.87. The molecule has 1 unspecified atom stereocenters. The highest BCUT2D eigenvalue weighted by Crippen LogP contribution is 2.00. The first-order valence-electron chi connectivity index (χ1n) is 6.68. The molecule has 1 atom stereocenters. The van der Waals surface area contributed by atoms with E-state index in [0.29, 0.717) is 0 Å². The van der Waals surface area contributed by atoms with Crippen molar-refractivity contribution in [3.63, 3.8) is 0 Å². The number of nitrogens with zero attached hydrogens (tertiary/aromatic N) is 3. The van der Waals surface area contributed by atoms with E-state index in [4.69, 9.17) is 0 Å². The quantitative estimate of drug-likeness (QED) is 0.807. The number of carbonyl (C=O) groups excluding carboxylic acids is 1. The van der Waals surface area contributed by atoms with Gasteiger partial charge in [-0.15, -0.1) is 0 Å². The van der Waals surface area contributed by atoms with Crippen LogP contribution in [0.1, 0.15) is 33.6 Å². The maximum atomic E-state index is 11.7. The number of hydrogen-bond donors (Lipinski definition) is 1. The largest absolute Gasteiger partial charge is 0.335 e. The predicted molar refractivity (Wildman–Crippen MR) is 72.6 cm³/mol. The molecule has 1 rings (SSSR count). The van der Waals surface area contributed by atoms with E-state index in [-0.39, 0.29) is 12.1 Å². The lowest BCUT2D eigenvalue weighted by atomic mass is 10.2. The molecule has 0 aromatic carbocycles. The van der Waals surface area contributed by atoms with E-state index in [0.717, 1.165) is 32.5 Å². The van der Waals surface area contributed by atoms with Crippen molar-refractivity contribution in [2.24, 2.45) is 0 Å². The number of carbonyl (C=O) groups is 1. The van der Waals surface area contributed by atoms with Gasteiger partial charge in [0, 0.05) is 18.4 Å². The third-order valence-electron chi connectivity index (χ3n) is 3.11. The number of nitrogens with one attached hydrogen (secondary N) is 1. The van der Waals surface area contributed by atoms with Crippen molar-refractivity contribution >= 4 is 6.03 Å². The second-order valence-corrected chi connectivity index (χ2v) is 4.49. The predicted octanol–water partition coefficient (Wildman–Crippen LogP) is 1.95. The second kappa shape index (κ2) is 7.87. The Morgan fingerprint density at radius 1 is 1.44 bits per heavy atom. The van der Waals surface area contributed by atoms with E-state index < -0.39 is 0 Å². The van der Waals surface area contributed by atoms with Crippen molar-refractivity contribution in [2.75, 3.05) is 19.6 Å². The Labute approximate surface area is 109 Å². The summed E-state index contributed by atoms with van der Waals surface area (Å²) in [5.41, 5.74) is 0. The molecule has 0 saturated carbocycles. The molecule has 0 radical (unpaired) electrons. The minimum Gasteiger partial charge on any atom is -0.335 e. The summed E-state index contributed by atoms with van der Waals surface area (Å²) in [6, 6.07) is 0.0818. The van der Waals surface area contributed by atoms with Crippen LogP contribution < -0.4 is 5.32 Å². The van der Waals surface area contributed by atoms with Crippen molar-refractivity contribution in [3.05, 3.63) is 18.7 Å². The number of hydrogen-bond acceptors (Lipinski definition) is 3. The lowest BCUT2D eigenvalue weighted by Gasteiger charge is -2.19. The summed E-state index contributed by atoms with van der Waals surface area (Å²) in [5, 5.41) is 2.96. The second-order valence-electron chi connectivity index (χ2n) is 4.49. The molecule has 0 bridgehead atoms. The van der Waals surface area contributed by atoms with Gasteiger partial charge in [-0.05, 0) is 39.4 Å². The third-order valence-corrected chi connectivity index (χ3v) is 3.11. The number of aromatic nitrogens is 2. The van der Waals surface area contributed by atoms with Gasteiger partial charge in [-0.3, -0.25) is 4.57 Å². The summed E-state index contributed by atoms with van der Waals surface area (Å²) in [6.45, 7) is 9.66. The first kappa shape index (κ1) is 14.7. The molecule has 18 heavy (non-hydrogen) atoms. The Hall–Kier alpha value is -1.36. The van der Waals surface area contributed by atoms with Crippen molar-refractivity contribution in [3.8, 4) is 0 Å². The van der Waals surface area contributed by atoms with Gasteiger partial charge in [-0.25, -0.2) is 9.78 Å². The Morgan fingerprint density at radius 2 is 2.17 bits per heavy atom. The average Bonchev–Trinajstić information content (AvgIpc) is 2.88.